The summed E-state index contributed by atoms with van der Waals surface area (Å²) in [5.41, 5.74) is 1.93. The zero-order chi connectivity index (χ0) is 12.5. The summed E-state index contributed by atoms with van der Waals surface area (Å²) in [4.78, 5) is 11.0. The summed E-state index contributed by atoms with van der Waals surface area (Å²) in [7, 11) is 0. The fraction of sp³-hybridized carbons (Fsp3) is 0.462. The van der Waals surface area contributed by atoms with Crippen LogP contribution in [0.4, 0.5) is 5.69 Å². The monoisotopic (exact) mass is 236 g/mol. The molecule has 3 N–H and O–H groups in total. The number of amides is 1. The lowest BCUT2D eigenvalue weighted by Crippen LogP contribution is -2.17. The van der Waals surface area contributed by atoms with Gasteiger partial charge < -0.3 is 15.7 Å². The number of unbranched alkanes of at least 4 members (excludes halogenated alkanes) is 1. The molecule has 0 radical (unpaired) electrons. The largest absolute Gasteiger partial charge is 0.396 e. The third-order valence-corrected chi connectivity index (χ3v) is 2.41. The molecule has 0 unspecified atom stereocenters. The minimum atomic E-state index is -0.0577. The molecule has 1 amide bonds. The zero-order valence-corrected chi connectivity index (χ0v) is 10.2. The smallest absolute Gasteiger partial charge is 0.221 e. The van der Waals surface area contributed by atoms with Gasteiger partial charge in [-0.2, -0.15) is 0 Å². The van der Waals surface area contributed by atoms with E-state index in [1.165, 1.54) is 6.92 Å². The fourth-order valence-electron chi connectivity index (χ4n) is 1.57. The molecule has 0 aliphatic rings. The Morgan fingerprint density at radius 2 is 2.06 bits per heavy atom. The number of carbonyl (C=O) groups is 1. The van der Waals surface area contributed by atoms with Gasteiger partial charge in [0, 0.05) is 25.8 Å². The molecule has 0 aliphatic heterocycles. The number of aliphatic hydroxyl groups is 1. The van der Waals surface area contributed by atoms with Gasteiger partial charge in [-0.25, -0.2) is 0 Å². The highest BCUT2D eigenvalue weighted by atomic mass is 16.2. The van der Waals surface area contributed by atoms with Gasteiger partial charge in [-0.3, -0.25) is 4.79 Å². The van der Waals surface area contributed by atoms with Crippen LogP contribution in [0.15, 0.2) is 24.3 Å². The fourth-order valence-corrected chi connectivity index (χ4v) is 1.57. The quantitative estimate of drug-likeness (QED) is 0.629. The Labute approximate surface area is 102 Å². The van der Waals surface area contributed by atoms with Crippen molar-refractivity contribution < 1.29 is 9.90 Å². The molecule has 4 nitrogen and oxygen atoms in total. The first-order chi connectivity index (χ1) is 8.24. The number of anilines is 1. The van der Waals surface area contributed by atoms with Crippen molar-refractivity contribution in [2.45, 2.75) is 26.3 Å². The second-order valence-electron chi connectivity index (χ2n) is 3.95. The summed E-state index contributed by atoms with van der Waals surface area (Å²) in [5.74, 6) is -0.0577. The molecule has 0 aromatic heterocycles. The molecule has 0 atom stereocenters. The van der Waals surface area contributed by atoms with Crippen LogP contribution in [0.25, 0.3) is 0 Å². The number of rotatable bonds is 7. The summed E-state index contributed by atoms with van der Waals surface area (Å²) in [6, 6.07) is 7.74. The van der Waals surface area contributed by atoms with Gasteiger partial charge in [0.1, 0.15) is 0 Å². The van der Waals surface area contributed by atoms with Gasteiger partial charge in [-0.15, -0.1) is 0 Å². The molecule has 94 valence electrons. The van der Waals surface area contributed by atoms with E-state index in [1.807, 2.05) is 24.3 Å². The van der Waals surface area contributed by atoms with E-state index in [2.05, 4.69) is 10.6 Å². The van der Waals surface area contributed by atoms with E-state index in [9.17, 15) is 4.79 Å². The Kier molecular flexibility index (Phi) is 6.29. The second kappa shape index (κ2) is 7.81. The topological polar surface area (TPSA) is 61.4 Å². The number of para-hydroxylation sites is 1. The molecule has 0 spiro atoms. The van der Waals surface area contributed by atoms with Crippen LogP contribution in [0.3, 0.4) is 0 Å². The maximum absolute atomic E-state index is 11.0. The first kappa shape index (κ1) is 13.7. The van der Waals surface area contributed by atoms with E-state index in [4.69, 9.17) is 5.11 Å². The van der Waals surface area contributed by atoms with Gasteiger partial charge in [0.2, 0.25) is 5.91 Å². The number of carbonyl (C=O) groups excluding carboxylic acids is 1. The molecular formula is C13H20N2O2. The molecule has 0 bridgehead atoms. The van der Waals surface area contributed by atoms with E-state index in [-0.39, 0.29) is 12.5 Å². The second-order valence-corrected chi connectivity index (χ2v) is 3.95. The van der Waals surface area contributed by atoms with E-state index in [0.29, 0.717) is 0 Å². The Hall–Kier alpha value is -1.39. The number of hydrogen-bond acceptors (Lipinski definition) is 3. The summed E-state index contributed by atoms with van der Waals surface area (Å²) >= 11 is 0. The van der Waals surface area contributed by atoms with Crippen molar-refractivity contribution in [3.8, 4) is 0 Å². The van der Waals surface area contributed by atoms with Gasteiger partial charge in [0.15, 0.2) is 0 Å². The van der Waals surface area contributed by atoms with Crippen LogP contribution in [-0.4, -0.2) is 24.2 Å². The maximum atomic E-state index is 11.0. The molecule has 0 saturated carbocycles. The molecule has 1 aromatic rings. The van der Waals surface area contributed by atoms with Crippen LogP contribution in [-0.2, 0) is 11.3 Å². The lowest BCUT2D eigenvalue weighted by atomic mass is 10.1. The van der Waals surface area contributed by atoms with Crippen LogP contribution in [0.5, 0.6) is 0 Å². The molecule has 17 heavy (non-hydrogen) atoms. The Morgan fingerprint density at radius 1 is 1.29 bits per heavy atom. The number of aliphatic hydroxyl groups excluding tert-OH is 1. The summed E-state index contributed by atoms with van der Waals surface area (Å²) < 4.78 is 0. The van der Waals surface area contributed by atoms with Gasteiger partial charge >= 0.3 is 0 Å². The van der Waals surface area contributed by atoms with E-state index >= 15 is 0 Å². The minimum Gasteiger partial charge on any atom is -0.396 e. The lowest BCUT2D eigenvalue weighted by molar-refractivity contribution is -0.114. The Balaban J connectivity index is 2.43. The Morgan fingerprint density at radius 3 is 2.76 bits per heavy atom. The highest BCUT2D eigenvalue weighted by Crippen LogP contribution is 2.14. The first-order valence-corrected chi connectivity index (χ1v) is 5.91. The highest BCUT2D eigenvalue weighted by molar-refractivity contribution is 5.89. The van der Waals surface area contributed by atoms with Crippen LogP contribution in [0, 0.1) is 0 Å². The van der Waals surface area contributed by atoms with Gasteiger partial charge in [0.05, 0.1) is 0 Å². The summed E-state index contributed by atoms with van der Waals surface area (Å²) in [6.45, 7) is 3.34. The molecule has 1 aromatic carbocycles. The van der Waals surface area contributed by atoms with Crippen LogP contribution in [0.1, 0.15) is 25.3 Å². The van der Waals surface area contributed by atoms with Crippen molar-refractivity contribution >= 4 is 11.6 Å². The maximum Gasteiger partial charge on any atom is 0.221 e. The third-order valence-electron chi connectivity index (χ3n) is 2.41. The van der Waals surface area contributed by atoms with Gasteiger partial charge in [-0.1, -0.05) is 18.2 Å². The van der Waals surface area contributed by atoms with Crippen LogP contribution < -0.4 is 10.6 Å². The van der Waals surface area contributed by atoms with Crippen molar-refractivity contribution in [1.29, 1.82) is 0 Å². The molecular weight excluding hydrogens is 216 g/mol. The lowest BCUT2D eigenvalue weighted by Gasteiger charge is -2.10. The predicted molar refractivity (Wildman–Crippen MR) is 68.8 cm³/mol. The summed E-state index contributed by atoms with van der Waals surface area (Å²) in [6.07, 6.45) is 1.78. The molecule has 0 saturated heterocycles. The average Bonchev–Trinajstić information content (AvgIpc) is 2.30. The van der Waals surface area contributed by atoms with Crippen molar-refractivity contribution in [1.82, 2.24) is 5.32 Å². The molecule has 1 rings (SSSR count). The van der Waals surface area contributed by atoms with Crippen LogP contribution in [0.2, 0.25) is 0 Å². The van der Waals surface area contributed by atoms with E-state index in [0.717, 1.165) is 37.2 Å². The average molecular weight is 236 g/mol. The molecule has 0 aliphatic carbocycles. The van der Waals surface area contributed by atoms with Crippen molar-refractivity contribution in [3.05, 3.63) is 29.8 Å². The standard InChI is InChI=1S/C13H20N2O2/c1-11(17)15-13-7-3-2-6-12(13)10-14-8-4-5-9-16/h2-3,6-7,14,16H,4-5,8-10H2,1H3,(H,15,17). The van der Waals surface area contributed by atoms with Crippen molar-refractivity contribution in [2.75, 3.05) is 18.5 Å². The normalized spacial score (nSPS) is 10.2. The summed E-state index contributed by atoms with van der Waals surface area (Å²) in [5, 5.41) is 14.7. The highest BCUT2D eigenvalue weighted by Gasteiger charge is 2.02. The first-order valence-electron chi connectivity index (χ1n) is 5.91. The van der Waals surface area contributed by atoms with Crippen molar-refractivity contribution in [3.63, 3.8) is 0 Å². The predicted octanol–water partition coefficient (Wildman–Crippen LogP) is 1.51. The van der Waals surface area contributed by atoms with Gasteiger partial charge in [-0.05, 0) is 31.0 Å². The SMILES string of the molecule is CC(=O)Nc1ccccc1CNCCCCO. The number of hydrogen-bond donors (Lipinski definition) is 3. The Bertz CT molecular complexity index is 353. The molecule has 0 fully saturated rings. The zero-order valence-electron chi connectivity index (χ0n) is 10.2. The van der Waals surface area contributed by atoms with Gasteiger partial charge in [0.25, 0.3) is 0 Å². The molecule has 4 heteroatoms. The number of nitrogens with one attached hydrogen (secondary N) is 2. The van der Waals surface area contributed by atoms with E-state index in [1.54, 1.807) is 0 Å². The minimum absolute atomic E-state index is 0.0577. The van der Waals surface area contributed by atoms with E-state index < -0.39 is 0 Å². The van der Waals surface area contributed by atoms with Crippen LogP contribution >= 0.6 is 0 Å². The number of benzene rings is 1. The van der Waals surface area contributed by atoms with Crippen molar-refractivity contribution in [2.24, 2.45) is 0 Å². The molecule has 0 heterocycles. The third kappa shape index (κ3) is 5.47.